The van der Waals surface area contributed by atoms with Gasteiger partial charge in [-0.2, -0.15) is 0 Å². The summed E-state index contributed by atoms with van der Waals surface area (Å²) in [6, 6.07) is 0. The zero-order chi connectivity index (χ0) is 6.41. The Morgan fingerprint density at radius 2 is 2.62 bits per heavy atom. The molecule has 0 fully saturated rings. The highest BCUT2D eigenvalue weighted by molar-refractivity contribution is 8.66. The maximum absolute atomic E-state index is 10.2. The molecule has 1 N–H and O–H groups in total. The molecule has 0 aromatic heterocycles. The summed E-state index contributed by atoms with van der Waals surface area (Å²) in [5.74, 6) is 0. The Kier molecular flexibility index (Phi) is 5.09. The van der Waals surface area contributed by atoms with E-state index >= 15 is 0 Å². The molecule has 1 amide bonds. The van der Waals surface area contributed by atoms with Crippen LogP contribution in [0, 0.1) is 0 Å². The highest BCUT2D eigenvalue weighted by Crippen LogP contribution is 2.05. The predicted octanol–water partition coefficient (Wildman–Crippen LogP) is 1.23. The molecule has 8 heavy (non-hydrogen) atoms. The zero-order valence-corrected chi connectivity index (χ0v) is 6.09. The maximum atomic E-state index is 10.2. The van der Waals surface area contributed by atoms with Gasteiger partial charge >= 0.3 is 6.09 Å². The molecule has 0 aromatic rings. The molecule has 0 aromatic carbocycles. The van der Waals surface area contributed by atoms with Crippen molar-refractivity contribution < 1.29 is 8.98 Å². The van der Waals surface area contributed by atoms with Gasteiger partial charge in [0.15, 0.2) is 0 Å². The minimum absolute atomic E-state index is 0.451. The van der Waals surface area contributed by atoms with E-state index in [1.807, 2.05) is 6.92 Å². The molecule has 0 heterocycles. The third-order valence-corrected chi connectivity index (χ3v) is 0.884. The van der Waals surface area contributed by atoms with E-state index in [2.05, 4.69) is 21.2 Å². The Morgan fingerprint density at radius 3 is 3.00 bits per heavy atom. The van der Waals surface area contributed by atoms with Crippen LogP contribution < -0.4 is 5.32 Å². The van der Waals surface area contributed by atoms with Gasteiger partial charge in [-0.05, 0) is 6.92 Å². The lowest BCUT2D eigenvalue weighted by Gasteiger charge is -1.96. The third kappa shape index (κ3) is 4.14. The fourth-order valence-corrected chi connectivity index (χ4v) is 0.537. The fourth-order valence-electron chi connectivity index (χ4n) is 0.208. The molecule has 0 rings (SSSR count). The first kappa shape index (κ1) is 7.97. The first-order valence-corrected chi connectivity index (χ1v) is 3.86. The van der Waals surface area contributed by atoms with Gasteiger partial charge in [0.25, 0.3) is 0 Å². The summed E-state index contributed by atoms with van der Waals surface area (Å²) in [7, 11) is 0. The summed E-state index contributed by atoms with van der Waals surface area (Å²) in [6.07, 6.45) is -0.451. The molecule has 0 radical (unpaired) electrons. The Hall–Kier alpha value is -0.0300. The molecule has 5 heteroatoms. The van der Waals surface area contributed by atoms with Gasteiger partial charge < -0.3 is 9.50 Å². The largest absolute Gasteiger partial charge is 0.420 e. The molecule has 0 aliphatic carbocycles. The van der Waals surface area contributed by atoms with Crippen molar-refractivity contribution in [1.82, 2.24) is 5.32 Å². The summed E-state index contributed by atoms with van der Waals surface area (Å²) >= 11 is 4.32. The van der Waals surface area contributed by atoms with Crippen LogP contribution in [0.5, 0.6) is 0 Å². The summed E-state index contributed by atoms with van der Waals surface area (Å²) in [5, 5.41) is 2.42. The predicted molar refractivity (Wildman–Crippen MR) is 36.7 cm³/mol. The van der Waals surface area contributed by atoms with Crippen molar-refractivity contribution in [1.29, 1.82) is 0 Å². The molecule has 0 spiro atoms. The molecule has 48 valence electrons. The fraction of sp³-hybridized carbons (Fsp3) is 0.667. The average molecular weight is 153 g/mol. The van der Waals surface area contributed by atoms with E-state index in [4.69, 9.17) is 0 Å². The molecule has 0 aliphatic rings. The van der Waals surface area contributed by atoms with Crippen LogP contribution in [0.15, 0.2) is 0 Å². The molecule has 0 aliphatic heterocycles. The lowest BCUT2D eigenvalue weighted by atomic mass is 10.8. The standard InChI is InChI=1S/C3H7NO2S2/c1-2-4-3(5)6-8-7/h7H,2H2,1H3,(H,4,5). The van der Waals surface area contributed by atoms with Crippen molar-refractivity contribution in [3.63, 3.8) is 0 Å². The third-order valence-electron chi connectivity index (χ3n) is 0.434. The second kappa shape index (κ2) is 5.11. The number of amides is 1. The minimum atomic E-state index is -0.451. The Balaban J connectivity index is 3.06. The number of rotatable bonds is 2. The smallest absolute Gasteiger partial charge is 0.363 e. The first-order chi connectivity index (χ1) is 3.81. The first-order valence-electron chi connectivity index (χ1n) is 2.07. The van der Waals surface area contributed by atoms with Crippen LogP contribution in [0.1, 0.15) is 6.92 Å². The summed E-state index contributed by atoms with van der Waals surface area (Å²) in [5.41, 5.74) is 0. The van der Waals surface area contributed by atoms with Gasteiger partial charge in [0.2, 0.25) is 0 Å². The molecule has 0 atom stereocenters. The van der Waals surface area contributed by atoms with Crippen LogP contribution in [0.4, 0.5) is 4.79 Å². The van der Waals surface area contributed by atoms with Gasteiger partial charge in [-0.1, -0.05) is 11.7 Å². The Bertz CT molecular complexity index is 69.7. The van der Waals surface area contributed by atoms with Gasteiger partial charge in [0, 0.05) is 6.54 Å². The van der Waals surface area contributed by atoms with Gasteiger partial charge in [0.1, 0.15) is 11.1 Å². The molecule has 0 saturated carbocycles. The van der Waals surface area contributed by atoms with Crippen LogP contribution >= 0.6 is 22.7 Å². The van der Waals surface area contributed by atoms with Crippen LogP contribution in [0.25, 0.3) is 0 Å². The second-order valence-corrected chi connectivity index (χ2v) is 1.74. The molecule has 3 nitrogen and oxygen atoms in total. The van der Waals surface area contributed by atoms with Gasteiger partial charge in [-0.25, -0.2) is 4.79 Å². The molecular weight excluding hydrogens is 146 g/mol. The summed E-state index contributed by atoms with van der Waals surface area (Å²) in [6.45, 7) is 2.39. The van der Waals surface area contributed by atoms with Gasteiger partial charge in [-0.15, -0.1) is 0 Å². The van der Waals surface area contributed by atoms with E-state index in [-0.39, 0.29) is 0 Å². The van der Waals surface area contributed by atoms with Gasteiger partial charge in [0.05, 0.1) is 0 Å². The van der Waals surface area contributed by atoms with Crippen LogP contribution in [-0.2, 0) is 4.18 Å². The Labute approximate surface area is 57.2 Å². The van der Waals surface area contributed by atoms with Crippen LogP contribution in [0.3, 0.4) is 0 Å². The van der Waals surface area contributed by atoms with Crippen molar-refractivity contribution in [3.8, 4) is 0 Å². The van der Waals surface area contributed by atoms with Gasteiger partial charge in [-0.3, -0.25) is 0 Å². The van der Waals surface area contributed by atoms with Crippen molar-refractivity contribution in [2.75, 3.05) is 6.54 Å². The van der Waals surface area contributed by atoms with Crippen molar-refractivity contribution in [2.45, 2.75) is 6.92 Å². The molecule has 0 bridgehead atoms. The van der Waals surface area contributed by atoms with E-state index in [0.29, 0.717) is 6.54 Å². The minimum Gasteiger partial charge on any atom is -0.363 e. The van der Waals surface area contributed by atoms with E-state index < -0.39 is 6.09 Å². The summed E-state index contributed by atoms with van der Waals surface area (Å²) < 4.78 is 4.31. The Morgan fingerprint density at radius 1 is 2.00 bits per heavy atom. The van der Waals surface area contributed by atoms with E-state index in [1.165, 1.54) is 0 Å². The van der Waals surface area contributed by atoms with Crippen molar-refractivity contribution >= 4 is 28.8 Å². The SMILES string of the molecule is CCNC(=O)OSS. The quantitative estimate of drug-likeness (QED) is 0.356. The van der Waals surface area contributed by atoms with E-state index in [1.54, 1.807) is 0 Å². The van der Waals surface area contributed by atoms with Crippen LogP contribution in [-0.4, -0.2) is 12.6 Å². The second-order valence-electron chi connectivity index (χ2n) is 0.976. The number of hydrogen-bond acceptors (Lipinski definition) is 4. The number of carbonyl (C=O) groups excluding carboxylic acids is 1. The average Bonchev–Trinajstić information content (AvgIpc) is 1.68. The lowest BCUT2D eigenvalue weighted by molar-refractivity contribution is 0.209. The number of thiol groups is 1. The monoisotopic (exact) mass is 153 g/mol. The molecular formula is C3H7NO2S2. The topological polar surface area (TPSA) is 38.3 Å². The highest BCUT2D eigenvalue weighted by atomic mass is 33.1. The maximum Gasteiger partial charge on any atom is 0.420 e. The summed E-state index contributed by atoms with van der Waals surface area (Å²) in [4.78, 5) is 10.2. The van der Waals surface area contributed by atoms with Crippen LogP contribution in [0.2, 0.25) is 0 Å². The number of hydrogen-bond donors (Lipinski definition) is 2. The molecule has 0 saturated heterocycles. The lowest BCUT2D eigenvalue weighted by Crippen LogP contribution is -2.20. The van der Waals surface area contributed by atoms with Crippen molar-refractivity contribution in [2.24, 2.45) is 0 Å². The number of nitrogens with one attached hydrogen (secondary N) is 1. The number of carbonyl (C=O) groups is 1. The highest BCUT2D eigenvalue weighted by Gasteiger charge is 1.94. The van der Waals surface area contributed by atoms with Crippen molar-refractivity contribution in [3.05, 3.63) is 0 Å². The zero-order valence-electron chi connectivity index (χ0n) is 4.38. The normalized spacial score (nSPS) is 8.25. The molecule has 0 unspecified atom stereocenters. The van der Waals surface area contributed by atoms with E-state index in [9.17, 15) is 4.79 Å². The van der Waals surface area contributed by atoms with E-state index in [0.717, 1.165) is 11.1 Å².